The van der Waals surface area contributed by atoms with Crippen molar-refractivity contribution in [3.05, 3.63) is 78.4 Å². The first-order valence-electron chi connectivity index (χ1n) is 10.1. The molecule has 0 aliphatic carbocycles. The number of aromatic nitrogens is 2. The highest BCUT2D eigenvalue weighted by atomic mass is 35.5. The molecular weight excluding hydrogens is 384 g/mol. The first-order valence-corrected chi connectivity index (χ1v) is 10.6. The summed E-state index contributed by atoms with van der Waals surface area (Å²) in [4.78, 5) is 4.05. The summed E-state index contributed by atoms with van der Waals surface area (Å²) in [7, 11) is 0. The fraction of sp³-hybridized carbons (Fsp3) is 0.375. The Morgan fingerprint density at radius 1 is 0.862 bits per heavy atom. The molecule has 29 heavy (non-hydrogen) atoms. The number of benzene rings is 2. The molecule has 0 fully saturated rings. The number of rotatable bonds is 11. The molecule has 0 bridgehead atoms. The first kappa shape index (κ1) is 21.3. The Labute approximate surface area is 178 Å². The number of ether oxygens (including phenoxy) is 2. The minimum atomic E-state index is -0.103. The average molecular weight is 413 g/mol. The van der Waals surface area contributed by atoms with E-state index in [-0.39, 0.29) is 5.41 Å². The predicted octanol–water partition coefficient (Wildman–Crippen LogP) is 5.69. The summed E-state index contributed by atoms with van der Waals surface area (Å²) in [6.45, 7) is 6.72. The van der Waals surface area contributed by atoms with Crippen molar-refractivity contribution in [1.82, 2.24) is 9.55 Å². The zero-order chi connectivity index (χ0) is 20.5. The highest BCUT2D eigenvalue weighted by Gasteiger charge is 2.23. The fourth-order valence-electron chi connectivity index (χ4n) is 3.20. The summed E-state index contributed by atoms with van der Waals surface area (Å²) in [5.74, 6) is 2.41. The topological polar surface area (TPSA) is 36.3 Å². The minimum Gasteiger partial charge on any atom is -0.494 e. The molecular formula is C24H29ClN2O2. The third kappa shape index (κ3) is 6.01. The SMILES string of the molecule is CC(C)(c1ccc(OCCCCl)cc1)c1ccc(OCCCn2ccnc2)cc1. The summed E-state index contributed by atoms with van der Waals surface area (Å²) in [6.07, 6.45) is 7.39. The van der Waals surface area contributed by atoms with Gasteiger partial charge < -0.3 is 14.0 Å². The lowest BCUT2D eigenvalue weighted by Gasteiger charge is -2.26. The third-order valence-corrected chi connectivity index (χ3v) is 5.35. The summed E-state index contributed by atoms with van der Waals surface area (Å²) in [5, 5.41) is 0. The molecule has 1 aromatic heterocycles. The van der Waals surface area contributed by atoms with Crippen molar-refractivity contribution in [1.29, 1.82) is 0 Å². The monoisotopic (exact) mass is 412 g/mol. The molecule has 0 aliphatic heterocycles. The quantitative estimate of drug-likeness (QED) is 0.300. The van der Waals surface area contributed by atoms with Crippen LogP contribution in [0.25, 0.3) is 0 Å². The Morgan fingerprint density at radius 2 is 1.41 bits per heavy atom. The van der Waals surface area contributed by atoms with Crippen molar-refractivity contribution >= 4 is 11.6 Å². The second-order valence-electron chi connectivity index (χ2n) is 7.57. The Balaban J connectivity index is 1.54. The number of alkyl halides is 1. The minimum absolute atomic E-state index is 0.103. The molecule has 0 saturated carbocycles. The van der Waals surface area contributed by atoms with Crippen LogP contribution in [0.5, 0.6) is 11.5 Å². The predicted molar refractivity (Wildman–Crippen MR) is 118 cm³/mol. The van der Waals surface area contributed by atoms with E-state index in [2.05, 4.69) is 59.8 Å². The van der Waals surface area contributed by atoms with Crippen LogP contribution in [0.3, 0.4) is 0 Å². The molecule has 3 aromatic rings. The second kappa shape index (κ2) is 10.4. The summed E-state index contributed by atoms with van der Waals surface area (Å²) in [6, 6.07) is 16.7. The van der Waals surface area contributed by atoms with E-state index in [1.807, 2.05) is 24.7 Å². The van der Waals surface area contributed by atoms with Gasteiger partial charge in [0.25, 0.3) is 0 Å². The molecule has 0 unspecified atom stereocenters. The van der Waals surface area contributed by atoms with Crippen molar-refractivity contribution in [2.24, 2.45) is 0 Å². The van der Waals surface area contributed by atoms with Crippen LogP contribution < -0.4 is 9.47 Å². The van der Waals surface area contributed by atoms with E-state index in [1.54, 1.807) is 6.20 Å². The van der Waals surface area contributed by atoms with Crippen molar-refractivity contribution in [3.8, 4) is 11.5 Å². The summed E-state index contributed by atoms with van der Waals surface area (Å²) < 4.78 is 13.6. The van der Waals surface area contributed by atoms with E-state index in [1.165, 1.54) is 11.1 Å². The maximum absolute atomic E-state index is 5.88. The van der Waals surface area contributed by atoms with Gasteiger partial charge in [0, 0.05) is 30.2 Å². The molecule has 0 N–H and O–H groups in total. The molecule has 0 atom stereocenters. The van der Waals surface area contributed by atoms with Crippen LogP contribution in [0.15, 0.2) is 67.3 Å². The van der Waals surface area contributed by atoms with Crippen molar-refractivity contribution < 1.29 is 9.47 Å². The standard InChI is InChI=1S/C24H29ClN2O2/c1-24(2,20-5-9-22(10-6-20)28-17-3-13-25)21-7-11-23(12-8-21)29-18-4-15-27-16-14-26-19-27/h5-12,14,16,19H,3-4,13,15,17-18H2,1-2H3. The third-order valence-electron chi connectivity index (χ3n) is 5.09. The number of imidazole rings is 1. The van der Waals surface area contributed by atoms with Gasteiger partial charge >= 0.3 is 0 Å². The van der Waals surface area contributed by atoms with Crippen LogP contribution in [0, 0.1) is 0 Å². The number of halogens is 1. The van der Waals surface area contributed by atoms with Crippen LogP contribution >= 0.6 is 11.6 Å². The second-order valence-corrected chi connectivity index (χ2v) is 7.95. The molecule has 0 radical (unpaired) electrons. The van der Waals surface area contributed by atoms with Crippen molar-refractivity contribution in [2.75, 3.05) is 19.1 Å². The number of aryl methyl sites for hydroxylation is 1. The van der Waals surface area contributed by atoms with Crippen LogP contribution in [0.4, 0.5) is 0 Å². The molecule has 3 rings (SSSR count). The number of nitrogens with zero attached hydrogens (tertiary/aromatic N) is 2. The van der Waals surface area contributed by atoms with Gasteiger partial charge in [-0.2, -0.15) is 0 Å². The molecule has 0 saturated heterocycles. The lowest BCUT2D eigenvalue weighted by Crippen LogP contribution is -2.18. The maximum Gasteiger partial charge on any atom is 0.119 e. The van der Waals surface area contributed by atoms with E-state index in [9.17, 15) is 0 Å². The van der Waals surface area contributed by atoms with Gasteiger partial charge in [0.2, 0.25) is 0 Å². The number of hydrogen-bond donors (Lipinski definition) is 0. The molecule has 154 valence electrons. The van der Waals surface area contributed by atoms with E-state index in [4.69, 9.17) is 21.1 Å². The first-order chi connectivity index (χ1) is 14.1. The van der Waals surface area contributed by atoms with E-state index in [0.717, 1.165) is 30.9 Å². The largest absolute Gasteiger partial charge is 0.494 e. The molecule has 0 aliphatic rings. The molecule has 0 amide bonds. The van der Waals surface area contributed by atoms with Gasteiger partial charge in [-0.15, -0.1) is 11.6 Å². The number of hydrogen-bond acceptors (Lipinski definition) is 3. The van der Waals surface area contributed by atoms with Gasteiger partial charge in [-0.05, 0) is 48.2 Å². The Morgan fingerprint density at radius 3 is 1.90 bits per heavy atom. The molecule has 0 spiro atoms. The van der Waals surface area contributed by atoms with Crippen molar-refractivity contribution in [2.45, 2.75) is 38.6 Å². The van der Waals surface area contributed by atoms with Crippen LogP contribution in [0.2, 0.25) is 0 Å². The lowest BCUT2D eigenvalue weighted by atomic mass is 9.78. The average Bonchev–Trinajstić information content (AvgIpc) is 3.26. The normalized spacial score (nSPS) is 11.4. The highest BCUT2D eigenvalue weighted by Crippen LogP contribution is 2.33. The Bertz CT molecular complexity index is 844. The van der Waals surface area contributed by atoms with Crippen LogP contribution in [-0.4, -0.2) is 28.6 Å². The Hall–Kier alpha value is -2.46. The summed E-state index contributed by atoms with van der Waals surface area (Å²) in [5.41, 5.74) is 2.39. The van der Waals surface area contributed by atoms with Gasteiger partial charge in [-0.3, -0.25) is 0 Å². The van der Waals surface area contributed by atoms with Gasteiger partial charge in [0.15, 0.2) is 0 Å². The lowest BCUT2D eigenvalue weighted by molar-refractivity contribution is 0.301. The van der Waals surface area contributed by atoms with E-state index in [0.29, 0.717) is 19.1 Å². The van der Waals surface area contributed by atoms with Crippen LogP contribution in [0.1, 0.15) is 37.8 Å². The molecule has 4 nitrogen and oxygen atoms in total. The maximum atomic E-state index is 5.88. The molecule has 2 aromatic carbocycles. The Kier molecular flexibility index (Phi) is 7.59. The van der Waals surface area contributed by atoms with Gasteiger partial charge in [0.1, 0.15) is 11.5 Å². The van der Waals surface area contributed by atoms with E-state index < -0.39 is 0 Å². The summed E-state index contributed by atoms with van der Waals surface area (Å²) >= 11 is 5.70. The zero-order valence-corrected chi connectivity index (χ0v) is 17.9. The molecule has 1 heterocycles. The van der Waals surface area contributed by atoms with Gasteiger partial charge in [-0.1, -0.05) is 38.1 Å². The van der Waals surface area contributed by atoms with Gasteiger partial charge in [0.05, 0.1) is 19.5 Å². The fourth-order valence-corrected chi connectivity index (χ4v) is 3.31. The highest BCUT2D eigenvalue weighted by molar-refractivity contribution is 6.17. The smallest absolute Gasteiger partial charge is 0.119 e. The van der Waals surface area contributed by atoms with Crippen LogP contribution in [-0.2, 0) is 12.0 Å². The zero-order valence-electron chi connectivity index (χ0n) is 17.2. The van der Waals surface area contributed by atoms with E-state index >= 15 is 0 Å². The molecule has 5 heteroatoms. The van der Waals surface area contributed by atoms with Crippen molar-refractivity contribution in [3.63, 3.8) is 0 Å². The van der Waals surface area contributed by atoms with Gasteiger partial charge in [-0.25, -0.2) is 4.98 Å².